The van der Waals surface area contributed by atoms with Crippen molar-refractivity contribution < 1.29 is 14.4 Å². The molecule has 0 aromatic carbocycles. The highest BCUT2D eigenvalue weighted by molar-refractivity contribution is 5.74. The molecule has 1 heterocycles. The number of hydroxylamine groups is 2. The van der Waals surface area contributed by atoms with Gasteiger partial charge >= 0.3 is 5.97 Å². The molecule has 0 bridgehead atoms. The van der Waals surface area contributed by atoms with Crippen molar-refractivity contribution in [3.05, 3.63) is 0 Å². The number of piperidine rings is 1. The minimum atomic E-state index is -0.512. The molecule has 0 N–H and O–H groups in total. The molecule has 124 valence electrons. The zero-order valence-electron chi connectivity index (χ0n) is 14.9. The smallest absolute Gasteiger partial charge is 0.337 e. The fraction of sp³-hybridized carbons (Fsp3) is 0.941. The molecule has 4 nitrogen and oxygen atoms in total. The largest absolute Gasteiger partial charge is 0.464 e. The van der Waals surface area contributed by atoms with E-state index < -0.39 is 6.10 Å². The number of nitrogens with zero attached hydrogens (tertiary/aromatic N) is 1. The summed E-state index contributed by atoms with van der Waals surface area (Å²) in [5, 5.41) is 2.05. The maximum atomic E-state index is 12.2. The van der Waals surface area contributed by atoms with Gasteiger partial charge in [-0.1, -0.05) is 13.8 Å². The van der Waals surface area contributed by atoms with Gasteiger partial charge in [0, 0.05) is 11.1 Å². The first-order valence-corrected chi connectivity index (χ1v) is 8.24. The van der Waals surface area contributed by atoms with E-state index in [9.17, 15) is 4.79 Å². The van der Waals surface area contributed by atoms with Crippen LogP contribution in [0.5, 0.6) is 0 Å². The summed E-state index contributed by atoms with van der Waals surface area (Å²) in [6.07, 6.45) is 3.51. The van der Waals surface area contributed by atoms with Gasteiger partial charge in [0.15, 0.2) is 6.10 Å². The van der Waals surface area contributed by atoms with Crippen molar-refractivity contribution in [2.24, 2.45) is 5.92 Å². The lowest BCUT2D eigenvalue weighted by Crippen LogP contribution is -2.60. The molecule has 1 rings (SSSR count). The van der Waals surface area contributed by atoms with Gasteiger partial charge in [-0.2, -0.15) is 5.06 Å². The van der Waals surface area contributed by atoms with Crippen molar-refractivity contribution in [2.45, 2.75) is 91.3 Å². The number of ether oxygens (including phenoxy) is 1. The van der Waals surface area contributed by atoms with Gasteiger partial charge in [0.05, 0.1) is 6.61 Å². The van der Waals surface area contributed by atoms with Crippen molar-refractivity contribution in [2.75, 3.05) is 6.61 Å². The second-order valence-corrected chi connectivity index (χ2v) is 7.75. The highest BCUT2D eigenvalue weighted by Crippen LogP contribution is 2.39. The summed E-state index contributed by atoms with van der Waals surface area (Å²) in [6, 6.07) is 0. The molecule has 0 aliphatic carbocycles. The highest BCUT2D eigenvalue weighted by Gasteiger charge is 2.44. The molecular formula is C17H33NO3. The van der Waals surface area contributed by atoms with Crippen LogP contribution in [0.1, 0.15) is 74.1 Å². The fourth-order valence-electron chi connectivity index (χ4n) is 3.23. The molecule has 1 fully saturated rings. The standard InChI is InChI=1S/C17H33NO3/c1-8-20-15(19)14(12-13(2)3)21-18-16(4,5)10-9-11-17(18,6)7/h13-14H,8-12H2,1-7H3. The van der Waals surface area contributed by atoms with Gasteiger partial charge in [-0.05, 0) is 66.2 Å². The van der Waals surface area contributed by atoms with E-state index in [2.05, 4.69) is 41.5 Å². The highest BCUT2D eigenvalue weighted by atomic mass is 16.7. The topological polar surface area (TPSA) is 38.8 Å². The molecule has 0 radical (unpaired) electrons. The van der Waals surface area contributed by atoms with Crippen LogP contribution in [-0.4, -0.2) is 34.8 Å². The molecule has 1 aliphatic heterocycles. The minimum absolute atomic E-state index is 0.0660. The van der Waals surface area contributed by atoms with Crippen LogP contribution < -0.4 is 0 Å². The maximum absolute atomic E-state index is 12.2. The number of hydrogen-bond acceptors (Lipinski definition) is 4. The van der Waals surface area contributed by atoms with Gasteiger partial charge in [-0.15, -0.1) is 0 Å². The van der Waals surface area contributed by atoms with Crippen LogP contribution in [0.15, 0.2) is 0 Å². The van der Waals surface area contributed by atoms with Crippen LogP contribution in [-0.2, 0) is 14.4 Å². The van der Waals surface area contributed by atoms with Crippen molar-refractivity contribution in [1.82, 2.24) is 5.06 Å². The minimum Gasteiger partial charge on any atom is -0.464 e. The Balaban J connectivity index is 2.90. The van der Waals surface area contributed by atoms with Crippen LogP contribution in [0.2, 0.25) is 0 Å². The molecular weight excluding hydrogens is 266 g/mol. The van der Waals surface area contributed by atoms with Crippen molar-refractivity contribution in [1.29, 1.82) is 0 Å². The summed E-state index contributed by atoms with van der Waals surface area (Å²) >= 11 is 0. The van der Waals surface area contributed by atoms with Crippen LogP contribution in [0.3, 0.4) is 0 Å². The summed E-state index contributed by atoms with van der Waals surface area (Å²) in [5.74, 6) is 0.138. The summed E-state index contributed by atoms with van der Waals surface area (Å²) in [4.78, 5) is 18.4. The average Bonchev–Trinajstić information content (AvgIpc) is 2.31. The Labute approximate surface area is 130 Å². The number of esters is 1. The second kappa shape index (κ2) is 7.10. The summed E-state index contributed by atoms with van der Waals surface area (Å²) < 4.78 is 5.19. The lowest BCUT2D eigenvalue weighted by Gasteiger charge is -2.52. The number of carbonyl (C=O) groups excluding carboxylic acids is 1. The number of carbonyl (C=O) groups is 1. The van der Waals surface area contributed by atoms with E-state index in [0.29, 0.717) is 18.9 Å². The SMILES string of the molecule is CCOC(=O)C(CC(C)C)ON1C(C)(C)CCCC1(C)C. The molecule has 21 heavy (non-hydrogen) atoms. The van der Waals surface area contributed by atoms with E-state index in [-0.39, 0.29) is 17.0 Å². The Hall–Kier alpha value is -0.610. The lowest BCUT2D eigenvalue weighted by molar-refractivity contribution is -0.304. The van der Waals surface area contributed by atoms with Gasteiger partial charge in [0.1, 0.15) is 0 Å². The van der Waals surface area contributed by atoms with Gasteiger partial charge in [0.25, 0.3) is 0 Å². The zero-order chi connectivity index (χ0) is 16.3. The Morgan fingerprint density at radius 2 is 1.67 bits per heavy atom. The van der Waals surface area contributed by atoms with Crippen molar-refractivity contribution in [3.63, 3.8) is 0 Å². The monoisotopic (exact) mass is 299 g/mol. The molecule has 0 amide bonds. The Kier molecular flexibility index (Phi) is 6.23. The Bertz CT molecular complexity index is 334. The number of rotatable bonds is 6. The second-order valence-electron chi connectivity index (χ2n) is 7.75. The Morgan fingerprint density at radius 3 is 2.10 bits per heavy atom. The van der Waals surface area contributed by atoms with E-state index in [1.807, 2.05) is 12.0 Å². The molecule has 1 saturated heterocycles. The fourth-order valence-corrected chi connectivity index (χ4v) is 3.23. The average molecular weight is 299 g/mol. The van der Waals surface area contributed by atoms with Gasteiger partial charge in [0.2, 0.25) is 0 Å². The zero-order valence-corrected chi connectivity index (χ0v) is 14.9. The predicted molar refractivity (Wildman–Crippen MR) is 84.8 cm³/mol. The molecule has 1 unspecified atom stereocenters. The van der Waals surface area contributed by atoms with Gasteiger partial charge < -0.3 is 4.74 Å². The predicted octanol–water partition coefficient (Wildman–Crippen LogP) is 3.94. The van der Waals surface area contributed by atoms with E-state index in [1.165, 1.54) is 6.42 Å². The van der Waals surface area contributed by atoms with Crippen LogP contribution >= 0.6 is 0 Å². The van der Waals surface area contributed by atoms with Crippen LogP contribution in [0.4, 0.5) is 0 Å². The lowest BCUT2D eigenvalue weighted by atomic mass is 9.82. The van der Waals surface area contributed by atoms with E-state index >= 15 is 0 Å². The molecule has 0 spiro atoms. The first-order chi connectivity index (χ1) is 9.60. The Morgan fingerprint density at radius 1 is 1.14 bits per heavy atom. The third-order valence-electron chi connectivity index (χ3n) is 4.14. The van der Waals surface area contributed by atoms with E-state index in [1.54, 1.807) is 0 Å². The normalized spacial score (nSPS) is 23.0. The van der Waals surface area contributed by atoms with Crippen LogP contribution in [0.25, 0.3) is 0 Å². The van der Waals surface area contributed by atoms with Crippen molar-refractivity contribution in [3.8, 4) is 0 Å². The third-order valence-corrected chi connectivity index (χ3v) is 4.14. The summed E-state index contributed by atoms with van der Waals surface area (Å²) in [6.45, 7) is 15.2. The summed E-state index contributed by atoms with van der Waals surface area (Å²) in [7, 11) is 0. The summed E-state index contributed by atoms with van der Waals surface area (Å²) in [5.41, 5.74) is -0.132. The quantitative estimate of drug-likeness (QED) is 0.696. The molecule has 0 aromatic heterocycles. The third kappa shape index (κ3) is 4.96. The molecule has 1 aliphatic rings. The molecule has 1 atom stereocenters. The molecule has 0 aromatic rings. The molecule has 4 heteroatoms. The van der Waals surface area contributed by atoms with Gasteiger partial charge in [-0.3, -0.25) is 4.84 Å². The first-order valence-electron chi connectivity index (χ1n) is 8.24. The van der Waals surface area contributed by atoms with E-state index in [4.69, 9.17) is 9.57 Å². The first kappa shape index (κ1) is 18.4. The molecule has 0 saturated carbocycles. The van der Waals surface area contributed by atoms with E-state index in [0.717, 1.165) is 12.8 Å². The van der Waals surface area contributed by atoms with Gasteiger partial charge in [-0.25, -0.2) is 4.79 Å². The van der Waals surface area contributed by atoms with Crippen molar-refractivity contribution >= 4 is 5.97 Å². The maximum Gasteiger partial charge on any atom is 0.337 e. The number of hydrogen-bond donors (Lipinski definition) is 0. The van der Waals surface area contributed by atoms with Crippen LogP contribution in [0, 0.1) is 5.92 Å².